The van der Waals surface area contributed by atoms with Crippen molar-refractivity contribution in [3.63, 3.8) is 0 Å². The lowest BCUT2D eigenvalue weighted by atomic mass is 10.2. The van der Waals surface area contributed by atoms with Crippen molar-refractivity contribution in [2.24, 2.45) is 0 Å². The smallest absolute Gasteiger partial charge is 0.124 e. The highest BCUT2D eigenvalue weighted by atomic mass is 35.5. The Morgan fingerprint density at radius 3 is 3.00 bits per heavy atom. The fourth-order valence-corrected chi connectivity index (χ4v) is 2.37. The molecule has 2 nitrogen and oxygen atoms in total. The topological polar surface area (TPSA) is 24.9 Å². The number of hydrogen-bond acceptors (Lipinski definition) is 3. The third kappa shape index (κ3) is 3.25. The second-order valence-corrected chi connectivity index (χ2v) is 5.04. The molecule has 0 aliphatic rings. The molecule has 0 saturated heterocycles. The van der Waals surface area contributed by atoms with Crippen LogP contribution in [0.2, 0.25) is 5.02 Å². The first-order valence-corrected chi connectivity index (χ1v) is 6.49. The van der Waals surface area contributed by atoms with Gasteiger partial charge in [0.2, 0.25) is 0 Å². The van der Waals surface area contributed by atoms with E-state index >= 15 is 0 Å². The quantitative estimate of drug-likeness (QED) is 0.914. The summed E-state index contributed by atoms with van der Waals surface area (Å²) in [6, 6.07) is 4.60. The van der Waals surface area contributed by atoms with Gasteiger partial charge < -0.3 is 5.32 Å². The Labute approximate surface area is 108 Å². The van der Waals surface area contributed by atoms with Crippen molar-refractivity contribution < 1.29 is 4.39 Å². The van der Waals surface area contributed by atoms with Gasteiger partial charge in [0.05, 0.1) is 6.04 Å². The van der Waals surface area contributed by atoms with Gasteiger partial charge in [-0.15, -0.1) is 11.3 Å². The monoisotopic (exact) mass is 270 g/mol. The predicted molar refractivity (Wildman–Crippen MR) is 68.8 cm³/mol. The van der Waals surface area contributed by atoms with E-state index in [0.29, 0.717) is 11.6 Å². The molecule has 0 aliphatic heterocycles. The third-order valence-electron chi connectivity index (χ3n) is 2.44. The van der Waals surface area contributed by atoms with Crippen molar-refractivity contribution in [3.8, 4) is 0 Å². The first-order valence-electron chi connectivity index (χ1n) is 5.23. The Bertz CT molecular complexity index is 487. The molecule has 0 saturated carbocycles. The van der Waals surface area contributed by atoms with Gasteiger partial charge in [0.15, 0.2) is 0 Å². The summed E-state index contributed by atoms with van der Waals surface area (Å²) in [6.45, 7) is 2.64. The Morgan fingerprint density at radius 2 is 2.35 bits per heavy atom. The molecule has 1 atom stereocenters. The van der Waals surface area contributed by atoms with Crippen LogP contribution in [-0.2, 0) is 6.54 Å². The van der Waals surface area contributed by atoms with Gasteiger partial charge in [-0.1, -0.05) is 17.7 Å². The SMILES string of the molecule is CC(NCc1ccc(F)cc1Cl)c1nccs1. The molecule has 0 aliphatic carbocycles. The first-order chi connectivity index (χ1) is 8.16. The van der Waals surface area contributed by atoms with E-state index in [-0.39, 0.29) is 11.9 Å². The van der Waals surface area contributed by atoms with Crippen LogP contribution in [0.15, 0.2) is 29.8 Å². The van der Waals surface area contributed by atoms with Crippen LogP contribution in [0.4, 0.5) is 4.39 Å². The van der Waals surface area contributed by atoms with E-state index in [1.165, 1.54) is 12.1 Å². The number of nitrogens with one attached hydrogen (secondary N) is 1. The normalized spacial score (nSPS) is 12.6. The van der Waals surface area contributed by atoms with Crippen LogP contribution in [0, 0.1) is 5.82 Å². The van der Waals surface area contributed by atoms with Crippen LogP contribution < -0.4 is 5.32 Å². The average Bonchev–Trinajstić information content (AvgIpc) is 2.81. The van der Waals surface area contributed by atoms with E-state index in [0.717, 1.165) is 10.6 Å². The van der Waals surface area contributed by atoms with Gasteiger partial charge in [0.25, 0.3) is 0 Å². The molecular weight excluding hydrogens is 259 g/mol. The van der Waals surface area contributed by atoms with Gasteiger partial charge in [0.1, 0.15) is 10.8 Å². The highest BCUT2D eigenvalue weighted by Crippen LogP contribution is 2.19. The number of aromatic nitrogens is 1. The lowest BCUT2D eigenvalue weighted by molar-refractivity contribution is 0.570. The number of rotatable bonds is 4. The fraction of sp³-hybridized carbons (Fsp3) is 0.250. The molecule has 0 bridgehead atoms. The minimum absolute atomic E-state index is 0.163. The molecule has 17 heavy (non-hydrogen) atoms. The summed E-state index contributed by atoms with van der Waals surface area (Å²) >= 11 is 7.55. The summed E-state index contributed by atoms with van der Waals surface area (Å²) in [7, 11) is 0. The Hall–Kier alpha value is -0.970. The van der Waals surface area contributed by atoms with E-state index in [2.05, 4.69) is 10.3 Å². The number of benzene rings is 1. The van der Waals surface area contributed by atoms with E-state index in [9.17, 15) is 4.39 Å². The lowest BCUT2D eigenvalue weighted by Gasteiger charge is -2.12. The molecule has 0 radical (unpaired) electrons. The summed E-state index contributed by atoms with van der Waals surface area (Å²) in [4.78, 5) is 4.23. The predicted octanol–water partition coefficient (Wildman–Crippen LogP) is 3.79. The molecule has 1 unspecified atom stereocenters. The summed E-state index contributed by atoms with van der Waals surface area (Å²) in [6.07, 6.45) is 1.78. The maximum Gasteiger partial charge on any atom is 0.124 e. The third-order valence-corrected chi connectivity index (χ3v) is 3.75. The van der Waals surface area contributed by atoms with Crippen LogP contribution in [0.3, 0.4) is 0 Å². The second kappa shape index (κ2) is 5.58. The zero-order chi connectivity index (χ0) is 12.3. The molecule has 0 amide bonds. The molecule has 1 aromatic carbocycles. The van der Waals surface area contributed by atoms with Crippen LogP contribution >= 0.6 is 22.9 Å². The molecule has 0 fully saturated rings. The number of thiazole rings is 1. The maximum absolute atomic E-state index is 12.9. The van der Waals surface area contributed by atoms with E-state index < -0.39 is 0 Å². The Kier molecular flexibility index (Phi) is 4.10. The van der Waals surface area contributed by atoms with Crippen LogP contribution in [-0.4, -0.2) is 4.98 Å². The molecule has 2 aromatic rings. The van der Waals surface area contributed by atoms with Gasteiger partial charge in [-0.05, 0) is 24.6 Å². The van der Waals surface area contributed by atoms with Crippen LogP contribution in [0.5, 0.6) is 0 Å². The summed E-state index contributed by atoms with van der Waals surface area (Å²) < 4.78 is 12.9. The highest BCUT2D eigenvalue weighted by Gasteiger charge is 2.08. The van der Waals surface area contributed by atoms with Crippen molar-refractivity contribution in [3.05, 3.63) is 51.2 Å². The van der Waals surface area contributed by atoms with Crippen molar-refractivity contribution in [1.29, 1.82) is 0 Å². The number of hydrogen-bond donors (Lipinski definition) is 1. The van der Waals surface area contributed by atoms with Crippen LogP contribution in [0.25, 0.3) is 0 Å². The standard InChI is InChI=1S/C12H12ClFN2S/c1-8(12-15-4-5-17-12)16-7-9-2-3-10(14)6-11(9)13/h2-6,8,16H,7H2,1H3. The molecular formula is C12H12ClFN2S. The van der Waals surface area contributed by atoms with E-state index in [1.807, 2.05) is 12.3 Å². The first kappa shape index (κ1) is 12.5. The van der Waals surface area contributed by atoms with Crippen molar-refractivity contribution in [2.45, 2.75) is 19.5 Å². The van der Waals surface area contributed by atoms with Gasteiger partial charge in [-0.3, -0.25) is 0 Å². The second-order valence-electron chi connectivity index (χ2n) is 3.71. The summed E-state index contributed by atoms with van der Waals surface area (Å²) in [5.41, 5.74) is 0.886. The largest absolute Gasteiger partial charge is 0.304 e. The lowest BCUT2D eigenvalue weighted by Crippen LogP contribution is -2.18. The van der Waals surface area contributed by atoms with Gasteiger partial charge in [-0.25, -0.2) is 9.37 Å². The molecule has 5 heteroatoms. The molecule has 90 valence electrons. The van der Waals surface area contributed by atoms with Crippen molar-refractivity contribution in [1.82, 2.24) is 10.3 Å². The molecule has 1 aromatic heterocycles. The number of nitrogens with zero attached hydrogens (tertiary/aromatic N) is 1. The van der Waals surface area contributed by atoms with E-state index in [1.54, 1.807) is 23.6 Å². The Balaban J connectivity index is 1.98. The fourth-order valence-electron chi connectivity index (χ4n) is 1.46. The zero-order valence-corrected chi connectivity index (χ0v) is 10.9. The molecule has 2 rings (SSSR count). The zero-order valence-electron chi connectivity index (χ0n) is 9.28. The summed E-state index contributed by atoms with van der Waals surface area (Å²) in [5.74, 6) is -0.313. The van der Waals surface area contributed by atoms with Crippen molar-refractivity contribution in [2.75, 3.05) is 0 Å². The highest BCUT2D eigenvalue weighted by molar-refractivity contribution is 7.09. The maximum atomic E-state index is 12.9. The van der Waals surface area contributed by atoms with Crippen molar-refractivity contribution >= 4 is 22.9 Å². The van der Waals surface area contributed by atoms with E-state index in [4.69, 9.17) is 11.6 Å². The van der Waals surface area contributed by atoms with Gasteiger partial charge in [-0.2, -0.15) is 0 Å². The Morgan fingerprint density at radius 1 is 1.53 bits per heavy atom. The minimum Gasteiger partial charge on any atom is -0.304 e. The molecule has 0 spiro atoms. The van der Waals surface area contributed by atoms with Crippen LogP contribution in [0.1, 0.15) is 23.5 Å². The minimum atomic E-state index is -0.313. The van der Waals surface area contributed by atoms with Gasteiger partial charge in [0, 0.05) is 23.1 Å². The number of halogens is 2. The van der Waals surface area contributed by atoms with Gasteiger partial charge >= 0.3 is 0 Å². The average molecular weight is 271 g/mol. The molecule has 1 N–H and O–H groups in total. The summed E-state index contributed by atoms with van der Waals surface area (Å²) in [5, 5.41) is 6.72. The molecule has 1 heterocycles.